The molecule has 0 bridgehead atoms. The zero-order valence-corrected chi connectivity index (χ0v) is 21.8. The van der Waals surface area contributed by atoms with Gasteiger partial charge in [0, 0.05) is 11.5 Å². The average molecular weight is 492 g/mol. The van der Waals surface area contributed by atoms with Crippen molar-refractivity contribution in [3.8, 4) is 0 Å². The molecule has 1 aromatic rings. The Morgan fingerprint density at radius 1 is 1.03 bits per heavy atom. The minimum atomic E-state index is -3.92. The van der Waals surface area contributed by atoms with Crippen LogP contribution in [0.2, 0.25) is 0 Å². The zero-order valence-electron chi connectivity index (χ0n) is 20.1. The molecule has 0 fully saturated rings. The molecule has 1 aromatic carbocycles. The normalized spacial score (nSPS) is 13.5. The van der Waals surface area contributed by atoms with Gasteiger partial charge in [0.1, 0.15) is 6.04 Å². The molecule has 7 heteroatoms. The average Bonchev–Trinajstić information content (AvgIpc) is 2.75. The molecule has 0 unspecified atom stereocenters. The smallest absolute Gasteiger partial charge is 0.322 e. The molecule has 0 radical (unpaired) electrons. The van der Waals surface area contributed by atoms with Gasteiger partial charge in [-0.3, -0.25) is 4.79 Å². The summed E-state index contributed by atoms with van der Waals surface area (Å²) in [6.45, 7) is 12.1. The summed E-state index contributed by atoms with van der Waals surface area (Å²) in [5, 5.41) is 9.46. The minimum absolute atomic E-state index is 0.0317. The van der Waals surface area contributed by atoms with Crippen LogP contribution in [-0.4, -0.2) is 37.0 Å². The Morgan fingerprint density at radius 2 is 1.61 bits per heavy atom. The van der Waals surface area contributed by atoms with Crippen LogP contribution in [0.1, 0.15) is 58.9 Å². The molecule has 2 N–H and O–H groups in total. The number of sulfonamides is 1. The van der Waals surface area contributed by atoms with Crippen molar-refractivity contribution in [3.05, 3.63) is 71.4 Å². The van der Waals surface area contributed by atoms with Crippen molar-refractivity contribution in [1.82, 2.24) is 4.72 Å². The molecule has 0 saturated heterocycles. The largest absolute Gasteiger partial charge is 0.480 e. The third-order valence-electron chi connectivity index (χ3n) is 4.98. The van der Waals surface area contributed by atoms with Gasteiger partial charge in [-0.15, -0.1) is 0 Å². The quantitative estimate of drug-likeness (QED) is 0.225. The minimum Gasteiger partial charge on any atom is -0.480 e. The van der Waals surface area contributed by atoms with Crippen molar-refractivity contribution in [2.75, 3.05) is 11.5 Å². The molecule has 0 spiro atoms. The van der Waals surface area contributed by atoms with E-state index < -0.39 is 22.0 Å². The van der Waals surface area contributed by atoms with Crippen molar-refractivity contribution < 1.29 is 18.3 Å². The van der Waals surface area contributed by atoms with Crippen LogP contribution in [0.4, 0.5) is 0 Å². The van der Waals surface area contributed by atoms with E-state index in [2.05, 4.69) is 57.2 Å². The lowest BCUT2D eigenvalue weighted by Crippen LogP contribution is -2.42. The second-order valence-electron chi connectivity index (χ2n) is 8.28. The number of allylic oxidation sites excluding steroid dienone is 5. The second-order valence-corrected chi connectivity index (χ2v) is 11.1. The summed E-state index contributed by atoms with van der Waals surface area (Å²) in [7, 11) is -3.92. The number of nitrogens with one attached hydrogen (secondary N) is 1. The van der Waals surface area contributed by atoms with E-state index in [0.29, 0.717) is 5.75 Å². The summed E-state index contributed by atoms with van der Waals surface area (Å²) in [6.07, 6.45) is 12.3. The van der Waals surface area contributed by atoms with Crippen LogP contribution in [0.5, 0.6) is 0 Å². The van der Waals surface area contributed by atoms with E-state index in [4.69, 9.17) is 0 Å². The fourth-order valence-electron chi connectivity index (χ4n) is 2.92. The Bertz CT molecular complexity index is 970. The highest BCUT2D eigenvalue weighted by atomic mass is 32.2. The third-order valence-corrected chi connectivity index (χ3v) is 7.44. The fourth-order valence-corrected chi connectivity index (χ4v) is 5.21. The van der Waals surface area contributed by atoms with Crippen molar-refractivity contribution in [1.29, 1.82) is 0 Å². The summed E-state index contributed by atoms with van der Waals surface area (Å²) in [6, 6.07) is 4.93. The van der Waals surface area contributed by atoms with Crippen LogP contribution in [-0.2, 0) is 14.8 Å². The van der Waals surface area contributed by atoms with Crippen LogP contribution in [0.15, 0.2) is 70.7 Å². The second kappa shape index (κ2) is 14.9. The number of carbonyl (C=O) groups is 1. The first-order valence-electron chi connectivity index (χ1n) is 11.0. The Morgan fingerprint density at radius 3 is 2.15 bits per heavy atom. The Kier molecular flexibility index (Phi) is 13.1. The maximum Gasteiger partial charge on any atom is 0.322 e. The zero-order chi connectivity index (χ0) is 24.9. The van der Waals surface area contributed by atoms with E-state index in [1.165, 1.54) is 40.6 Å². The Balaban J connectivity index is 2.51. The van der Waals surface area contributed by atoms with Gasteiger partial charge in [-0.2, -0.15) is 16.5 Å². The molecule has 182 valence electrons. The number of carboxylic acids is 1. The van der Waals surface area contributed by atoms with Gasteiger partial charge >= 0.3 is 5.97 Å². The van der Waals surface area contributed by atoms with Gasteiger partial charge < -0.3 is 5.11 Å². The highest BCUT2D eigenvalue weighted by Gasteiger charge is 2.25. The van der Waals surface area contributed by atoms with Gasteiger partial charge in [0.05, 0.1) is 4.90 Å². The van der Waals surface area contributed by atoms with E-state index in [1.54, 1.807) is 18.2 Å². The van der Waals surface area contributed by atoms with Gasteiger partial charge in [0.2, 0.25) is 10.0 Å². The lowest BCUT2D eigenvalue weighted by Gasteiger charge is -2.14. The molecule has 0 amide bonds. The highest BCUT2D eigenvalue weighted by molar-refractivity contribution is 7.99. The molecule has 5 nitrogen and oxygen atoms in total. The number of rotatable bonds is 15. The molecule has 0 aliphatic carbocycles. The van der Waals surface area contributed by atoms with Crippen LogP contribution in [0, 0.1) is 0 Å². The maximum absolute atomic E-state index is 12.5. The third kappa shape index (κ3) is 12.1. The summed E-state index contributed by atoms with van der Waals surface area (Å²) >= 11 is 1.39. The first-order chi connectivity index (χ1) is 15.5. The van der Waals surface area contributed by atoms with Gasteiger partial charge in [-0.1, -0.05) is 59.7 Å². The fraction of sp³-hybridized carbons (Fsp3) is 0.423. The predicted molar refractivity (Wildman–Crippen MR) is 141 cm³/mol. The molecule has 0 aromatic heterocycles. The lowest BCUT2D eigenvalue weighted by atomic mass is 10.1. The molecule has 0 heterocycles. The molecule has 33 heavy (non-hydrogen) atoms. The number of benzene rings is 1. The number of aliphatic carboxylic acids is 1. The number of carboxylic acid groups (broad SMARTS) is 1. The number of hydrogen-bond acceptors (Lipinski definition) is 4. The molecule has 1 atom stereocenters. The topological polar surface area (TPSA) is 83.5 Å². The first-order valence-corrected chi connectivity index (χ1v) is 13.7. The van der Waals surface area contributed by atoms with Crippen molar-refractivity contribution in [3.63, 3.8) is 0 Å². The monoisotopic (exact) mass is 491 g/mol. The molecule has 0 aliphatic rings. The van der Waals surface area contributed by atoms with Gasteiger partial charge in [0.25, 0.3) is 0 Å². The van der Waals surface area contributed by atoms with Crippen LogP contribution in [0.25, 0.3) is 6.08 Å². The lowest BCUT2D eigenvalue weighted by molar-refractivity contribution is -0.138. The molecule has 1 rings (SSSR count). The van der Waals surface area contributed by atoms with Gasteiger partial charge in [-0.25, -0.2) is 8.42 Å². The molecule has 0 saturated carbocycles. The summed E-state index contributed by atoms with van der Waals surface area (Å²) in [4.78, 5) is 11.6. The summed E-state index contributed by atoms with van der Waals surface area (Å²) < 4.78 is 27.4. The van der Waals surface area contributed by atoms with E-state index >= 15 is 0 Å². The maximum atomic E-state index is 12.5. The Hall–Kier alpha value is -2.09. The molecule has 0 aliphatic heterocycles. The van der Waals surface area contributed by atoms with Crippen LogP contribution >= 0.6 is 11.8 Å². The van der Waals surface area contributed by atoms with Gasteiger partial charge in [0.15, 0.2) is 0 Å². The van der Waals surface area contributed by atoms with E-state index in [0.717, 1.165) is 31.2 Å². The van der Waals surface area contributed by atoms with Crippen LogP contribution in [0.3, 0.4) is 0 Å². The van der Waals surface area contributed by atoms with Crippen molar-refractivity contribution in [2.45, 2.75) is 64.3 Å². The number of thioether (sulfide) groups is 1. The number of hydrogen-bond donors (Lipinski definition) is 2. The summed E-state index contributed by atoms with van der Waals surface area (Å²) in [5.74, 6) is -0.413. The van der Waals surface area contributed by atoms with E-state index in [1.807, 2.05) is 0 Å². The first kappa shape index (κ1) is 28.9. The van der Waals surface area contributed by atoms with Crippen LogP contribution < -0.4 is 4.72 Å². The summed E-state index contributed by atoms with van der Waals surface area (Å²) in [5.41, 5.74) is 4.77. The Labute approximate surface area is 203 Å². The van der Waals surface area contributed by atoms with Crippen molar-refractivity contribution >= 4 is 33.8 Å². The SMILES string of the molecule is C=Cc1ccc(S(=O)(=O)N[C@@H](CSC/C=C(\C)CC/C=C(\C)CCC=C(C)C)C(=O)O)cc1. The molecular formula is C26H37NO4S2. The standard InChI is InChI=1S/C26H37NO4S2/c1-6-23-13-15-24(16-14-23)33(30,31)27-25(26(28)29)19-32-18-17-22(5)12-8-11-21(4)10-7-9-20(2)3/h6,9,11,13-17,25,27H,1,7-8,10,12,18-19H2,2-5H3,(H,28,29)/b21-11+,22-17+/t25-/m0/s1. The van der Waals surface area contributed by atoms with Gasteiger partial charge in [-0.05, 0) is 71.1 Å². The van der Waals surface area contributed by atoms with Crippen molar-refractivity contribution in [2.24, 2.45) is 0 Å². The van der Waals surface area contributed by atoms with E-state index in [9.17, 15) is 18.3 Å². The van der Waals surface area contributed by atoms with E-state index in [-0.39, 0.29) is 10.6 Å². The highest BCUT2D eigenvalue weighted by Crippen LogP contribution is 2.15. The predicted octanol–water partition coefficient (Wildman–Crippen LogP) is 6.21. The molecular weight excluding hydrogens is 454 g/mol.